The van der Waals surface area contributed by atoms with Crippen LogP contribution in [-0.2, 0) is 6.54 Å². The van der Waals surface area contributed by atoms with E-state index in [1.54, 1.807) is 0 Å². The molecule has 0 radical (unpaired) electrons. The Hall–Kier alpha value is -1.01. The molecular weight excluding hydrogens is 254 g/mol. The van der Waals surface area contributed by atoms with E-state index in [9.17, 15) is 5.11 Å². The second-order valence-corrected chi connectivity index (χ2v) is 6.09. The molecule has 0 amide bonds. The molecule has 114 valence electrons. The van der Waals surface area contributed by atoms with Gasteiger partial charge in [-0.1, -0.05) is 13.3 Å². The van der Waals surface area contributed by atoms with Gasteiger partial charge in [0.2, 0.25) is 0 Å². The van der Waals surface area contributed by atoms with E-state index in [0.29, 0.717) is 6.61 Å². The van der Waals surface area contributed by atoms with Gasteiger partial charge in [0, 0.05) is 25.1 Å². The molecule has 20 heavy (non-hydrogen) atoms. The monoisotopic (exact) mass is 281 g/mol. The third-order valence-electron chi connectivity index (χ3n) is 4.41. The first-order chi connectivity index (χ1) is 9.69. The smallest absolute Gasteiger partial charge is 0.148 e. The molecular formula is C14H27N5O. The summed E-state index contributed by atoms with van der Waals surface area (Å²) in [5.41, 5.74) is 0.137. The van der Waals surface area contributed by atoms with Crippen molar-refractivity contribution in [3.05, 3.63) is 5.82 Å². The van der Waals surface area contributed by atoms with Gasteiger partial charge in [0.05, 0.1) is 0 Å². The zero-order chi connectivity index (χ0) is 14.4. The van der Waals surface area contributed by atoms with Crippen LogP contribution in [0.25, 0.3) is 0 Å². The molecule has 0 aromatic carbocycles. The molecule has 2 heterocycles. The molecule has 1 aliphatic heterocycles. The van der Waals surface area contributed by atoms with Crippen LogP contribution in [0.15, 0.2) is 0 Å². The van der Waals surface area contributed by atoms with Crippen LogP contribution in [0.5, 0.6) is 0 Å². The van der Waals surface area contributed by atoms with Gasteiger partial charge in [0.1, 0.15) is 5.82 Å². The summed E-state index contributed by atoms with van der Waals surface area (Å²) in [6.07, 6.45) is 5.70. The first kappa shape index (κ1) is 15.4. The number of hydrogen-bond acceptors (Lipinski definition) is 5. The van der Waals surface area contributed by atoms with Crippen LogP contribution < -0.4 is 0 Å². The predicted molar refractivity (Wildman–Crippen MR) is 77.3 cm³/mol. The van der Waals surface area contributed by atoms with E-state index >= 15 is 0 Å². The molecule has 0 spiro atoms. The van der Waals surface area contributed by atoms with Crippen molar-refractivity contribution in [3.63, 3.8) is 0 Å². The Bertz CT molecular complexity index is 404. The number of hydrogen-bond donors (Lipinski definition) is 1. The Balaban J connectivity index is 1.79. The molecule has 1 saturated heterocycles. The van der Waals surface area contributed by atoms with Crippen molar-refractivity contribution in [1.29, 1.82) is 0 Å². The van der Waals surface area contributed by atoms with Gasteiger partial charge >= 0.3 is 0 Å². The molecule has 6 nitrogen and oxygen atoms in total. The summed E-state index contributed by atoms with van der Waals surface area (Å²) in [5.74, 6) is 0.874. The molecule has 1 atom stereocenters. The zero-order valence-electron chi connectivity index (χ0n) is 12.8. The van der Waals surface area contributed by atoms with Crippen LogP contribution in [0.4, 0.5) is 0 Å². The van der Waals surface area contributed by atoms with Crippen LogP contribution >= 0.6 is 0 Å². The fourth-order valence-corrected chi connectivity index (χ4v) is 3.34. The summed E-state index contributed by atoms with van der Waals surface area (Å²) >= 11 is 0. The Kier molecular flexibility index (Phi) is 5.48. The van der Waals surface area contributed by atoms with Crippen molar-refractivity contribution >= 4 is 0 Å². The van der Waals surface area contributed by atoms with E-state index in [1.807, 2.05) is 11.6 Å². The molecule has 1 aromatic heterocycles. The summed E-state index contributed by atoms with van der Waals surface area (Å²) in [7, 11) is 0. The van der Waals surface area contributed by atoms with E-state index in [2.05, 4.69) is 27.3 Å². The summed E-state index contributed by atoms with van der Waals surface area (Å²) in [6.45, 7) is 8.57. The van der Waals surface area contributed by atoms with Crippen LogP contribution in [0.1, 0.15) is 44.9 Å². The van der Waals surface area contributed by atoms with Gasteiger partial charge in [-0.05, 0) is 56.1 Å². The number of tetrazole rings is 1. The highest BCUT2D eigenvalue weighted by Crippen LogP contribution is 2.34. The minimum atomic E-state index is 0.137. The standard InChI is InChI=1S/C14H27N5O/c1-3-6-14(12-20)7-4-8-18(11-14)9-5-10-19-13(2)15-16-17-19/h20H,3-12H2,1-2H3. The normalized spacial score (nSPS) is 24.1. The van der Waals surface area contributed by atoms with E-state index < -0.39 is 0 Å². The molecule has 0 saturated carbocycles. The van der Waals surface area contributed by atoms with Gasteiger partial charge in [0.15, 0.2) is 0 Å². The fourth-order valence-electron chi connectivity index (χ4n) is 3.34. The van der Waals surface area contributed by atoms with Crippen LogP contribution in [0.2, 0.25) is 0 Å². The van der Waals surface area contributed by atoms with Gasteiger partial charge < -0.3 is 10.0 Å². The van der Waals surface area contributed by atoms with E-state index in [1.165, 1.54) is 12.8 Å². The molecule has 6 heteroatoms. The highest BCUT2D eigenvalue weighted by Gasteiger charge is 2.33. The van der Waals surface area contributed by atoms with Crippen molar-refractivity contribution in [2.45, 2.75) is 52.5 Å². The zero-order valence-corrected chi connectivity index (χ0v) is 12.8. The van der Waals surface area contributed by atoms with Crippen molar-refractivity contribution in [2.24, 2.45) is 5.41 Å². The lowest BCUT2D eigenvalue weighted by Crippen LogP contribution is -2.45. The number of aliphatic hydroxyl groups excluding tert-OH is 1. The molecule has 1 aliphatic rings. The largest absolute Gasteiger partial charge is 0.396 e. The Morgan fingerprint density at radius 3 is 2.85 bits per heavy atom. The lowest BCUT2D eigenvalue weighted by molar-refractivity contribution is 0.0241. The Labute approximate surface area is 121 Å². The number of rotatable bonds is 7. The first-order valence-corrected chi connectivity index (χ1v) is 7.75. The maximum absolute atomic E-state index is 9.75. The van der Waals surface area contributed by atoms with Crippen molar-refractivity contribution in [2.75, 3.05) is 26.2 Å². The average molecular weight is 281 g/mol. The second-order valence-electron chi connectivity index (χ2n) is 6.09. The molecule has 1 fully saturated rings. The van der Waals surface area contributed by atoms with Crippen LogP contribution in [0.3, 0.4) is 0 Å². The lowest BCUT2D eigenvalue weighted by Gasteiger charge is -2.42. The third kappa shape index (κ3) is 3.76. The van der Waals surface area contributed by atoms with Crippen molar-refractivity contribution < 1.29 is 5.11 Å². The molecule has 1 N–H and O–H groups in total. The molecule has 0 aliphatic carbocycles. The van der Waals surface area contributed by atoms with Crippen LogP contribution in [0, 0.1) is 12.3 Å². The topological polar surface area (TPSA) is 67.1 Å². The van der Waals surface area contributed by atoms with E-state index in [-0.39, 0.29) is 5.41 Å². The minimum Gasteiger partial charge on any atom is -0.396 e. The van der Waals surface area contributed by atoms with Crippen LogP contribution in [-0.4, -0.2) is 56.5 Å². The summed E-state index contributed by atoms with van der Waals surface area (Å²) in [4.78, 5) is 2.50. The highest BCUT2D eigenvalue weighted by atomic mass is 16.3. The van der Waals surface area contributed by atoms with Gasteiger partial charge in [-0.3, -0.25) is 0 Å². The molecule has 2 rings (SSSR count). The Morgan fingerprint density at radius 2 is 2.20 bits per heavy atom. The van der Waals surface area contributed by atoms with E-state index in [0.717, 1.165) is 51.3 Å². The first-order valence-electron chi connectivity index (χ1n) is 7.75. The summed E-state index contributed by atoms with van der Waals surface area (Å²) < 4.78 is 1.86. The van der Waals surface area contributed by atoms with Gasteiger partial charge in [-0.15, -0.1) is 5.10 Å². The second kappa shape index (κ2) is 7.13. The molecule has 1 unspecified atom stereocenters. The maximum Gasteiger partial charge on any atom is 0.148 e. The number of likely N-dealkylation sites (tertiary alicyclic amines) is 1. The summed E-state index contributed by atoms with van der Waals surface area (Å²) in [5, 5.41) is 21.3. The fraction of sp³-hybridized carbons (Fsp3) is 0.929. The molecule has 1 aromatic rings. The predicted octanol–water partition coefficient (Wildman–Crippen LogP) is 1.25. The lowest BCUT2D eigenvalue weighted by atomic mass is 9.77. The van der Waals surface area contributed by atoms with Gasteiger partial charge in [-0.2, -0.15) is 0 Å². The number of aryl methyl sites for hydroxylation is 2. The van der Waals surface area contributed by atoms with E-state index in [4.69, 9.17) is 0 Å². The maximum atomic E-state index is 9.75. The summed E-state index contributed by atoms with van der Waals surface area (Å²) in [6, 6.07) is 0. The molecule has 0 bridgehead atoms. The van der Waals surface area contributed by atoms with Gasteiger partial charge in [-0.25, -0.2) is 4.68 Å². The third-order valence-corrected chi connectivity index (χ3v) is 4.41. The van der Waals surface area contributed by atoms with Crippen molar-refractivity contribution in [1.82, 2.24) is 25.1 Å². The average Bonchev–Trinajstić information content (AvgIpc) is 2.85. The van der Waals surface area contributed by atoms with Crippen molar-refractivity contribution in [3.8, 4) is 0 Å². The Morgan fingerprint density at radius 1 is 1.35 bits per heavy atom. The van der Waals surface area contributed by atoms with Gasteiger partial charge in [0.25, 0.3) is 0 Å². The number of nitrogens with zero attached hydrogens (tertiary/aromatic N) is 5. The number of piperidine rings is 1. The number of aromatic nitrogens is 4. The quantitative estimate of drug-likeness (QED) is 0.814. The number of aliphatic hydroxyl groups is 1. The minimum absolute atomic E-state index is 0.137. The SMILES string of the molecule is CCCC1(CO)CCCN(CCCn2nnnc2C)C1. The highest BCUT2D eigenvalue weighted by molar-refractivity contribution is 4.86.